The number of alkyl halides is 3. The monoisotopic (exact) mass is 567 g/mol. The number of piperazine rings is 1. The lowest BCUT2D eigenvalue weighted by Gasteiger charge is -2.41. The quantitative estimate of drug-likeness (QED) is 0.298. The van der Waals surface area contributed by atoms with Gasteiger partial charge in [-0.3, -0.25) is 4.90 Å². The van der Waals surface area contributed by atoms with E-state index >= 15 is 0 Å². The van der Waals surface area contributed by atoms with Gasteiger partial charge in [0.25, 0.3) is 10.0 Å². The number of aryl methyl sites for hydroxylation is 2. The molecule has 2 aromatic heterocycles. The predicted octanol–water partition coefficient (Wildman–Crippen LogP) is 5.24. The number of halogens is 4. The zero-order valence-electron chi connectivity index (χ0n) is 20.6. The van der Waals surface area contributed by atoms with Crippen LogP contribution in [0.2, 0.25) is 0 Å². The number of rotatable bonds is 6. The lowest BCUT2D eigenvalue weighted by molar-refractivity contribution is -0.140. The van der Waals surface area contributed by atoms with Gasteiger partial charge >= 0.3 is 6.18 Å². The fourth-order valence-electron chi connectivity index (χ4n) is 4.78. The van der Waals surface area contributed by atoms with E-state index in [0.717, 1.165) is 22.0 Å². The minimum atomic E-state index is -4.33. The van der Waals surface area contributed by atoms with Crippen LogP contribution in [0.5, 0.6) is 0 Å². The molecular weight excluding hydrogens is 542 g/mol. The zero-order chi connectivity index (χ0) is 27.2. The summed E-state index contributed by atoms with van der Waals surface area (Å²) in [7, 11) is -3.90. The molecule has 1 fully saturated rings. The molecule has 0 amide bonds. The van der Waals surface area contributed by atoms with Crippen molar-refractivity contribution >= 4 is 32.3 Å². The van der Waals surface area contributed by atoms with Gasteiger partial charge < -0.3 is 0 Å². The van der Waals surface area contributed by atoms with Gasteiger partial charge in [-0.1, -0.05) is 0 Å². The fourth-order valence-corrected chi connectivity index (χ4v) is 7.12. The van der Waals surface area contributed by atoms with E-state index in [-0.39, 0.29) is 37.0 Å². The van der Waals surface area contributed by atoms with Crippen molar-refractivity contribution in [2.45, 2.75) is 37.5 Å². The second-order valence-electron chi connectivity index (χ2n) is 9.29. The van der Waals surface area contributed by atoms with Gasteiger partial charge in [-0.05, 0) is 61.4 Å². The minimum absolute atomic E-state index is 0.00475. The number of hydrogen-bond acceptors (Lipinski definition) is 6. The van der Waals surface area contributed by atoms with Gasteiger partial charge in [0, 0.05) is 43.0 Å². The Hall–Kier alpha value is -2.87. The van der Waals surface area contributed by atoms with Crippen molar-refractivity contribution in [2.24, 2.45) is 0 Å². The summed E-state index contributed by atoms with van der Waals surface area (Å²) >= 11 is 1.23. The average molecular weight is 568 g/mol. The van der Waals surface area contributed by atoms with E-state index in [9.17, 15) is 26.0 Å². The minimum Gasteiger partial charge on any atom is -0.293 e. The van der Waals surface area contributed by atoms with E-state index in [1.54, 1.807) is 34.8 Å². The van der Waals surface area contributed by atoms with E-state index in [4.69, 9.17) is 0 Å². The molecule has 7 nitrogen and oxygen atoms in total. The Morgan fingerprint density at radius 2 is 1.84 bits per heavy atom. The van der Waals surface area contributed by atoms with Crippen LogP contribution in [-0.2, 0) is 10.0 Å². The topological polar surface area (TPSA) is 71.3 Å². The van der Waals surface area contributed by atoms with Crippen molar-refractivity contribution in [3.05, 3.63) is 69.9 Å². The van der Waals surface area contributed by atoms with Crippen molar-refractivity contribution < 1.29 is 26.0 Å². The van der Waals surface area contributed by atoms with Crippen LogP contribution in [0.15, 0.2) is 53.0 Å². The number of aromatic nitrogens is 3. The first-order chi connectivity index (χ1) is 17.9. The Labute approximate surface area is 221 Å². The molecule has 0 N–H and O–H groups in total. The molecule has 0 aliphatic carbocycles. The molecule has 0 unspecified atom stereocenters. The average Bonchev–Trinajstić information content (AvgIpc) is 3.48. The maximum atomic E-state index is 13.4. The zero-order valence-corrected chi connectivity index (χ0v) is 22.2. The highest BCUT2D eigenvalue weighted by molar-refractivity contribution is 7.89. The Morgan fingerprint density at radius 3 is 2.50 bits per heavy atom. The molecule has 1 atom stereocenters. The third-order valence-electron chi connectivity index (χ3n) is 6.72. The van der Waals surface area contributed by atoms with Crippen LogP contribution in [0, 0.1) is 19.7 Å². The van der Waals surface area contributed by atoms with E-state index in [1.165, 1.54) is 33.2 Å². The normalized spacial score (nSPS) is 17.9. The highest BCUT2D eigenvalue weighted by Gasteiger charge is 2.38. The number of thiazole rings is 1. The molecule has 202 valence electrons. The van der Waals surface area contributed by atoms with E-state index in [1.807, 2.05) is 19.1 Å². The molecule has 1 aliphatic heterocycles. The summed E-state index contributed by atoms with van der Waals surface area (Å²) in [4.78, 5) is 5.83. The van der Waals surface area contributed by atoms with Crippen LogP contribution in [0.3, 0.4) is 0 Å². The van der Waals surface area contributed by atoms with Crippen LogP contribution in [0.1, 0.15) is 28.6 Å². The SMILES string of the molecule is Cc1nc(S(=O)(=O)N2CCN(CCC(F)(F)F)[C@@H](c3cc4cnn(-c5ccc(F)cc5)c4cc3C)C2)cs1. The predicted molar refractivity (Wildman–Crippen MR) is 136 cm³/mol. The van der Waals surface area contributed by atoms with E-state index < -0.39 is 28.7 Å². The summed E-state index contributed by atoms with van der Waals surface area (Å²) in [5, 5.41) is 7.21. The van der Waals surface area contributed by atoms with Crippen LogP contribution in [0.25, 0.3) is 16.6 Å². The Bertz CT molecular complexity index is 1560. The largest absolute Gasteiger partial charge is 0.390 e. The number of fused-ring (bicyclic) bond motifs is 1. The van der Waals surface area contributed by atoms with Crippen LogP contribution in [0.4, 0.5) is 17.6 Å². The summed E-state index contributed by atoms with van der Waals surface area (Å²) in [5.74, 6) is -0.368. The molecule has 5 rings (SSSR count). The second-order valence-corrected chi connectivity index (χ2v) is 12.2. The van der Waals surface area contributed by atoms with Gasteiger partial charge in [0.1, 0.15) is 5.82 Å². The summed E-state index contributed by atoms with van der Waals surface area (Å²) in [6.07, 6.45) is -3.69. The van der Waals surface area contributed by atoms with E-state index in [2.05, 4.69) is 10.1 Å². The highest BCUT2D eigenvalue weighted by Crippen LogP contribution is 2.35. The Morgan fingerprint density at radius 1 is 1.11 bits per heavy atom. The van der Waals surface area contributed by atoms with Gasteiger partial charge in [0.2, 0.25) is 0 Å². The summed E-state index contributed by atoms with van der Waals surface area (Å²) < 4.78 is 82.4. The molecule has 0 bridgehead atoms. The van der Waals surface area contributed by atoms with Gasteiger partial charge in [0.15, 0.2) is 5.03 Å². The number of benzene rings is 2. The fraction of sp³-hybridized carbons (Fsp3) is 0.360. The summed E-state index contributed by atoms with van der Waals surface area (Å²) in [6, 6.07) is 9.01. The third-order valence-corrected chi connectivity index (χ3v) is 9.40. The van der Waals surface area contributed by atoms with Crippen LogP contribution >= 0.6 is 11.3 Å². The van der Waals surface area contributed by atoms with Gasteiger partial charge in [-0.15, -0.1) is 11.3 Å². The Balaban J connectivity index is 1.52. The van der Waals surface area contributed by atoms with Gasteiger partial charge in [-0.2, -0.15) is 22.6 Å². The first-order valence-electron chi connectivity index (χ1n) is 11.9. The van der Waals surface area contributed by atoms with E-state index in [0.29, 0.717) is 10.7 Å². The van der Waals surface area contributed by atoms with Crippen molar-refractivity contribution in [1.82, 2.24) is 24.0 Å². The maximum absolute atomic E-state index is 13.4. The molecular formula is C25H25F4N5O2S2. The van der Waals surface area contributed by atoms with Gasteiger partial charge in [0.05, 0.1) is 28.8 Å². The smallest absolute Gasteiger partial charge is 0.293 e. The first-order valence-corrected chi connectivity index (χ1v) is 14.2. The molecule has 4 aromatic rings. The molecule has 3 heterocycles. The number of sulfonamides is 1. The van der Waals surface area contributed by atoms with Crippen molar-refractivity contribution in [2.75, 3.05) is 26.2 Å². The summed E-state index contributed by atoms with van der Waals surface area (Å²) in [6.45, 7) is 3.52. The lowest BCUT2D eigenvalue weighted by Crippen LogP contribution is -2.51. The van der Waals surface area contributed by atoms with Gasteiger partial charge in [-0.25, -0.2) is 22.5 Å². The third kappa shape index (κ3) is 5.33. The maximum Gasteiger partial charge on any atom is 0.390 e. The Kier molecular flexibility index (Phi) is 7.05. The molecule has 38 heavy (non-hydrogen) atoms. The molecule has 2 aromatic carbocycles. The highest BCUT2D eigenvalue weighted by atomic mass is 32.2. The van der Waals surface area contributed by atoms with Crippen LogP contribution in [-0.4, -0.2) is 64.7 Å². The summed E-state index contributed by atoms with van der Waals surface area (Å²) in [5.41, 5.74) is 2.92. The number of nitrogens with zero attached hydrogens (tertiary/aromatic N) is 5. The lowest BCUT2D eigenvalue weighted by atomic mass is 9.96. The molecule has 0 spiro atoms. The molecule has 0 radical (unpaired) electrons. The second kappa shape index (κ2) is 10.0. The molecule has 0 saturated carbocycles. The van der Waals surface area contributed by atoms with Crippen molar-refractivity contribution in [3.63, 3.8) is 0 Å². The standard InChI is InChI=1S/C25H25F4N5O2S2/c1-16-11-22-18(13-30-34(22)20-5-3-19(26)4-6-20)12-21(16)23-14-33(10-9-32(23)8-7-25(27,28)29)38(35,36)24-15-37-17(2)31-24/h3-6,11-13,15,23H,7-10,14H2,1-2H3/t23-/m1/s1. The number of hydrogen-bond donors (Lipinski definition) is 0. The van der Waals surface area contributed by atoms with Crippen molar-refractivity contribution in [1.29, 1.82) is 0 Å². The van der Waals surface area contributed by atoms with Crippen molar-refractivity contribution in [3.8, 4) is 5.69 Å². The van der Waals surface area contributed by atoms with Crippen LogP contribution < -0.4 is 0 Å². The molecule has 1 saturated heterocycles. The molecule has 1 aliphatic rings. The first kappa shape index (κ1) is 26.7. The molecule has 13 heteroatoms.